The second-order valence-electron chi connectivity index (χ2n) is 7.06. The third-order valence-corrected chi connectivity index (χ3v) is 5.17. The van der Waals surface area contributed by atoms with E-state index in [1.54, 1.807) is 13.2 Å². The molecule has 5 heteroatoms. The van der Waals surface area contributed by atoms with Gasteiger partial charge in [-0.2, -0.15) is 0 Å². The van der Waals surface area contributed by atoms with Crippen LogP contribution in [0.1, 0.15) is 42.4 Å². The van der Waals surface area contributed by atoms with E-state index in [4.69, 9.17) is 14.6 Å². The van der Waals surface area contributed by atoms with E-state index in [1.807, 2.05) is 31.2 Å². The summed E-state index contributed by atoms with van der Waals surface area (Å²) in [5.41, 5.74) is 5.15. The topological polar surface area (TPSA) is 55.8 Å². The summed E-state index contributed by atoms with van der Waals surface area (Å²) in [7, 11) is 1.65. The predicted octanol–water partition coefficient (Wildman–Crippen LogP) is 5.18. The molecular formula is C23H25FO4. The van der Waals surface area contributed by atoms with Gasteiger partial charge >= 0.3 is 5.97 Å². The second-order valence-corrected chi connectivity index (χ2v) is 7.06. The molecule has 148 valence electrons. The van der Waals surface area contributed by atoms with Gasteiger partial charge in [-0.1, -0.05) is 12.1 Å². The smallest absolute Gasteiger partial charge is 0.303 e. The molecule has 0 saturated carbocycles. The third-order valence-electron chi connectivity index (χ3n) is 5.17. The first-order chi connectivity index (χ1) is 13.5. The van der Waals surface area contributed by atoms with Crippen LogP contribution in [0.4, 0.5) is 4.39 Å². The number of allylic oxidation sites excluding steroid dienone is 1. The molecule has 0 bridgehead atoms. The number of aliphatic carboxylic acids is 1. The SMILES string of the molecule is COc1ccc(C2=C(COc3cc(C)c(CCC(=O)O)cc3F)CCC2)cc1. The van der Waals surface area contributed by atoms with Crippen LogP contribution in [0.5, 0.6) is 11.5 Å². The Balaban J connectivity index is 1.73. The summed E-state index contributed by atoms with van der Waals surface area (Å²) >= 11 is 0. The van der Waals surface area contributed by atoms with Gasteiger partial charge in [-0.25, -0.2) is 4.39 Å². The Bertz CT molecular complexity index is 884. The zero-order valence-corrected chi connectivity index (χ0v) is 16.3. The fraction of sp³-hybridized carbons (Fsp3) is 0.348. The van der Waals surface area contributed by atoms with E-state index in [0.29, 0.717) is 18.6 Å². The van der Waals surface area contributed by atoms with Gasteiger partial charge in [0.15, 0.2) is 11.6 Å². The molecule has 0 unspecified atom stereocenters. The van der Waals surface area contributed by atoms with Crippen LogP contribution in [0.15, 0.2) is 42.0 Å². The van der Waals surface area contributed by atoms with Crippen LogP contribution in [-0.2, 0) is 11.2 Å². The van der Waals surface area contributed by atoms with E-state index in [9.17, 15) is 9.18 Å². The molecule has 0 aliphatic heterocycles. The Labute approximate surface area is 164 Å². The number of carbonyl (C=O) groups is 1. The summed E-state index contributed by atoms with van der Waals surface area (Å²) in [5.74, 6) is -0.305. The number of aryl methyl sites for hydroxylation is 2. The molecule has 0 saturated heterocycles. The van der Waals surface area contributed by atoms with Crippen molar-refractivity contribution < 1.29 is 23.8 Å². The average Bonchev–Trinajstić information content (AvgIpc) is 3.15. The fourth-order valence-corrected chi connectivity index (χ4v) is 3.59. The van der Waals surface area contributed by atoms with Gasteiger partial charge in [0, 0.05) is 6.42 Å². The molecule has 28 heavy (non-hydrogen) atoms. The summed E-state index contributed by atoms with van der Waals surface area (Å²) in [5, 5.41) is 8.81. The zero-order valence-electron chi connectivity index (χ0n) is 16.3. The molecule has 0 amide bonds. The van der Waals surface area contributed by atoms with Crippen LogP contribution < -0.4 is 9.47 Å². The van der Waals surface area contributed by atoms with Gasteiger partial charge in [-0.3, -0.25) is 4.79 Å². The minimum Gasteiger partial charge on any atom is -0.497 e. The van der Waals surface area contributed by atoms with Crippen molar-refractivity contribution in [2.75, 3.05) is 13.7 Å². The molecule has 2 aromatic rings. The van der Waals surface area contributed by atoms with Crippen molar-refractivity contribution >= 4 is 11.5 Å². The predicted molar refractivity (Wildman–Crippen MR) is 106 cm³/mol. The quantitative estimate of drug-likeness (QED) is 0.682. The molecule has 2 aromatic carbocycles. The van der Waals surface area contributed by atoms with Crippen molar-refractivity contribution in [3.8, 4) is 11.5 Å². The fourth-order valence-electron chi connectivity index (χ4n) is 3.59. The Hall–Kier alpha value is -2.82. The van der Waals surface area contributed by atoms with E-state index in [2.05, 4.69) is 0 Å². The number of benzene rings is 2. The lowest BCUT2D eigenvalue weighted by molar-refractivity contribution is -0.136. The first-order valence-corrected chi connectivity index (χ1v) is 9.47. The number of rotatable bonds is 8. The summed E-state index contributed by atoms with van der Waals surface area (Å²) in [6, 6.07) is 11.0. The number of ether oxygens (including phenoxy) is 2. The number of carboxylic acids is 1. The summed E-state index contributed by atoms with van der Waals surface area (Å²) in [6.07, 6.45) is 3.29. The van der Waals surface area contributed by atoms with Crippen LogP contribution in [0.2, 0.25) is 0 Å². The average molecular weight is 384 g/mol. The molecule has 0 heterocycles. The number of hydrogen-bond donors (Lipinski definition) is 1. The molecular weight excluding hydrogens is 359 g/mol. The molecule has 0 aromatic heterocycles. The highest BCUT2D eigenvalue weighted by Gasteiger charge is 2.18. The summed E-state index contributed by atoms with van der Waals surface area (Å²) in [6.45, 7) is 2.20. The van der Waals surface area contributed by atoms with Crippen LogP contribution in [0, 0.1) is 12.7 Å². The van der Waals surface area contributed by atoms with E-state index < -0.39 is 11.8 Å². The maximum Gasteiger partial charge on any atom is 0.303 e. The lowest BCUT2D eigenvalue weighted by atomic mass is 10.0. The van der Waals surface area contributed by atoms with Gasteiger partial charge in [-0.05, 0) is 84.7 Å². The normalized spacial score (nSPS) is 13.7. The van der Waals surface area contributed by atoms with Gasteiger partial charge in [0.25, 0.3) is 0 Å². The van der Waals surface area contributed by atoms with Crippen molar-refractivity contribution in [3.05, 3.63) is 64.5 Å². The number of methoxy groups -OCH3 is 1. The van der Waals surface area contributed by atoms with Crippen LogP contribution in [0.3, 0.4) is 0 Å². The van der Waals surface area contributed by atoms with E-state index in [0.717, 1.165) is 36.1 Å². The van der Waals surface area contributed by atoms with Crippen LogP contribution in [0.25, 0.3) is 5.57 Å². The molecule has 0 atom stereocenters. The Morgan fingerprint density at radius 3 is 2.61 bits per heavy atom. The molecule has 0 fully saturated rings. The Morgan fingerprint density at radius 2 is 1.93 bits per heavy atom. The van der Waals surface area contributed by atoms with Gasteiger partial charge < -0.3 is 14.6 Å². The third kappa shape index (κ3) is 4.71. The maximum atomic E-state index is 14.4. The van der Waals surface area contributed by atoms with E-state index in [-0.39, 0.29) is 12.2 Å². The molecule has 3 rings (SSSR count). The number of carboxylic acid groups (broad SMARTS) is 1. The maximum absolute atomic E-state index is 14.4. The van der Waals surface area contributed by atoms with E-state index >= 15 is 0 Å². The Morgan fingerprint density at radius 1 is 1.18 bits per heavy atom. The molecule has 0 radical (unpaired) electrons. The van der Waals surface area contributed by atoms with E-state index in [1.165, 1.54) is 17.2 Å². The number of halogens is 1. The molecule has 0 spiro atoms. The highest BCUT2D eigenvalue weighted by Crippen LogP contribution is 2.35. The Kier molecular flexibility index (Phi) is 6.34. The summed E-state index contributed by atoms with van der Waals surface area (Å²) in [4.78, 5) is 10.7. The van der Waals surface area contributed by atoms with Crippen molar-refractivity contribution in [1.29, 1.82) is 0 Å². The number of hydrogen-bond acceptors (Lipinski definition) is 3. The molecule has 1 N–H and O–H groups in total. The van der Waals surface area contributed by atoms with Crippen molar-refractivity contribution in [3.63, 3.8) is 0 Å². The highest BCUT2D eigenvalue weighted by molar-refractivity contribution is 5.71. The van der Waals surface area contributed by atoms with Gasteiger partial charge in [0.1, 0.15) is 12.4 Å². The van der Waals surface area contributed by atoms with Crippen LogP contribution in [-0.4, -0.2) is 24.8 Å². The first-order valence-electron chi connectivity index (χ1n) is 9.47. The minimum absolute atomic E-state index is 0.0153. The van der Waals surface area contributed by atoms with Gasteiger partial charge in [-0.15, -0.1) is 0 Å². The monoisotopic (exact) mass is 384 g/mol. The lowest BCUT2D eigenvalue weighted by Crippen LogP contribution is -2.05. The van der Waals surface area contributed by atoms with Gasteiger partial charge in [0.05, 0.1) is 7.11 Å². The first kappa shape index (κ1) is 19.9. The largest absolute Gasteiger partial charge is 0.497 e. The molecule has 4 nitrogen and oxygen atoms in total. The standard InChI is InChI=1S/C23H25FO4/c1-15-12-22(21(24)13-17(15)8-11-23(25)26)28-14-18-4-3-5-20(18)16-6-9-19(27-2)10-7-16/h6-7,9-10,12-13H,3-5,8,11,14H2,1-2H3,(H,25,26). The lowest BCUT2D eigenvalue weighted by Gasteiger charge is -2.13. The summed E-state index contributed by atoms with van der Waals surface area (Å²) < 4.78 is 25.4. The van der Waals surface area contributed by atoms with Crippen molar-refractivity contribution in [1.82, 2.24) is 0 Å². The van der Waals surface area contributed by atoms with Gasteiger partial charge in [0.2, 0.25) is 0 Å². The van der Waals surface area contributed by atoms with Crippen molar-refractivity contribution in [2.45, 2.75) is 39.0 Å². The molecule has 1 aliphatic rings. The van der Waals surface area contributed by atoms with Crippen LogP contribution >= 0.6 is 0 Å². The zero-order chi connectivity index (χ0) is 20.1. The van der Waals surface area contributed by atoms with Crippen molar-refractivity contribution in [2.24, 2.45) is 0 Å². The second kappa shape index (κ2) is 8.91. The molecule has 1 aliphatic carbocycles. The minimum atomic E-state index is -0.889. The highest BCUT2D eigenvalue weighted by atomic mass is 19.1.